The largest absolute Gasteiger partial charge is 0.497 e. The lowest BCUT2D eigenvalue weighted by atomic mass is 10.1. The average Bonchev–Trinajstić information content (AvgIpc) is 2.45. The molecule has 0 aliphatic carbocycles. The van der Waals surface area contributed by atoms with E-state index in [2.05, 4.69) is 39.7 Å². The van der Waals surface area contributed by atoms with E-state index in [9.17, 15) is 0 Å². The summed E-state index contributed by atoms with van der Waals surface area (Å²) in [6.45, 7) is 4.13. The van der Waals surface area contributed by atoms with Crippen LogP contribution in [-0.4, -0.2) is 24.2 Å². The molecule has 1 aromatic carbocycles. The summed E-state index contributed by atoms with van der Waals surface area (Å²) in [6.07, 6.45) is 0. The van der Waals surface area contributed by atoms with Crippen molar-refractivity contribution >= 4 is 15.9 Å². The Labute approximate surface area is 127 Å². The van der Waals surface area contributed by atoms with Crippen LogP contribution in [-0.2, 0) is 0 Å². The highest BCUT2D eigenvalue weighted by atomic mass is 79.9. The van der Waals surface area contributed by atoms with Crippen molar-refractivity contribution in [2.24, 2.45) is 0 Å². The molecular weight excluding hydrogens is 320 g/mol. The van der Waals surface area contributed by atoms with Crippen molar-refractivity contribution in [1.29, 1.82) is 0 Å². The highest BCUT2D eigenvalue weighted by Crippen LogP contribution is 2.33. The molecule has 2 aromatic rings. The van der Waals surface area contributed by atoms with Crippen LogP contribution in [0.1, 0.15) is 25.6 Å². The van der Waals surface area contributed by atoms with Gasteiger partial charge in [0.25, 0.3) is 0 Å². The van der Waals surface area contributed by atoms with E-state index in [-0.39, 0.29) is 5.92 Å². The van der Waals surface area contributed by atoms with Gasteiger partial charge >= 0.3 is 0 Å². The number of nitrogens with zero attached hydrogens (tertiary/aromatic N) is 2. The SMILES string of the molecule is COc1ccc(-c2cc(Br)nc(C(C)C)n2)c(OC)c1. The van der Waals surface area contributed by atoms with E-state index in [1.54, 1.807) is 14.2 Å². The smallest absolute Gasteiger partial charge is 0.132 e. The summed E-state index contributed by atoms with van der Waals surface area (Å²) >= 11 is 3.44. The zero-order valence-electron chi connectivity index (χ0n) is 12.0. The van der Waals surface area contributed by atoms with Gasteiger partial charge in [-0.3, -0.25) is 0 Å². The first-order valence-electron chi connectivity index (χ1n) is 6.32. The van der Waals surface area contributed by atoms with Crippen LogP contribution < -0.4 is 9.47 Å². The van der Waals surface area contributed by atoms with Crippen molar-refractivity contribution in [3.8, 4) is 22.8 Å². The summed E-state index contributed by atoms with van der Waals surface area (Å²) in [4.78, 5) is 8.99. The predicted octanol–water partition coefficient (Wildman–Crippen LogP) is 4.05. The Kier molecular flexibility index (Phi) is 4.60. The van der Waals surface area contributed by atoms with Gasteiger partial charge in [0, 0.05) is 17.5 Å². The molecule has 0 radical (unpaired) electrons. The molecule has 0 atom stereocenters. The zero-order valence-corrected chi connectivity index (χ0v) is 13.6. The Morgan fingerprint density at radius 2 is 1.80 bits per heavy atom. The number of rotatable bonds is 4. The molecule has 0 amide bonds. The van der Waals surface area contributed by atoms with E-state index in [0.29, 0.717) is 0 Å². The van der Waals surface area contributed by atoms with Crippen molar-refractivity contribution in [2.75, 3.05) is 14.2 Å². The van der Waals surface area contributed by atoms with Gasteiger partial charge in [-0.1, -0.05) is 13.8 Å². The van der Waals surface area contributed by atoms with Crippen LogP contribution in [0.3, 0.4) is 0 Å². The van der Waals surface area contributed by atoms with Gasteiger partial charge in [-0.25, -0.2) is 9.97 Å². The molecular formula is C15H17BrN2O2. The fourth-order valence-corrected chi connectivity index (χ4v) is 2.24. The van der Waals surface area contributed by atoms with Crippen LogP contribution in [0.5, 0.6) is 11.5 Å². The third-order valence-corrected chi connectivity index (χ3v) is 3.32. The Morgan fingerprint density at radius 3 is 2.40 bits per heavy atom. The lowest BCUT2D eigenvalue weighted by Crippen LogP contribution is -2.00. The van der Waals surface area contributed by atoms with Crippen molar-refractivity contribution in [3.05, 3.63) is 34.7 Å². The molecule has 5 heteroatoms. The maximum Gasteiger partial charge on any atom is 0.132 e. The molecule has 4 nitrogen and oxygen atoms in total. The summed E-state index contributed by atoms with van der Waals surface area (Å²) in [6, 6.07) is 7.57. The van der Waals surface area contributed by atoms with Gasteiger partial charge in [-0.05, 0) is 34.1 Å². The van der Waals surface area contributed by atoms with Gasteiger partial charge < -0.3 is 9.47 Å². The number of ether oxygens (including phenoxy) is 2. The van der Waals surface area contributed by atoms with Crippen molar-refractivity contribution < 1.29 is 9.47 Å². The Balaban J connectivity index is 2.56. The topological polar surface area (TPSA) is 44.2 Å². The van der Waals surface area contributed by atoms with E-state index in [1.165, 1.54) is 0 Å². The lowest BCUT2D eigenvalue weighted by Gasteiger charge is -2.12. The van der Waals surface area contributed by atoms with Crippen molar-refractivity contribution in [1.82, 2.24) is 9.97 Å². The molecule has 1 heterocycles. The number of hydrogen-bond acceptors (Lipinski definition) is 4. The van der Waals surface area contributed by atoms with Crippen LogP contribution in [0.2, 0.25) is 0 Å². The standard InChI is InChI=1S/C15H17BrN2O2/c1-9(2)15-17-12(8-14(16)18-15)11-6-5-10(19-3)7-13(11)20-4/h5-9H,1-4H3. The first-order chi connectivity index (χ1) is 9.55. The van der Waals surface area contributed by atoms with Crippen molar-refractivity contribution in [3.63, 3.8) is 0 Å². The van der Waals surface area contributed by atoms with E-state index >= 15 is 0 Å². The van der Waals surface area contributed by atoms with Crippen LogP contribution >= 0.6 is 15.9 Å². The van der Waals surface area contributed by atoms with Crippen LogP contribution in [0.25, 0.3) is 11.3 Å². The third kappa shape index (κ3) is 3.10. The second-order valence-electron chi connectivity index (χ2n) is 4.66. The van der Waals surface area contributed by atoms with Crippen molar-refractivity contribution in [2.45, 2.75) is 19.8 Å². The normalized spacial score (nSPS) is 10.7. The first-order valence-corrected chi connectivity index (χ1v) is 7.11. The van der Waals surface area contributed by atoms with Gasteiger partial charge in [0.15, 0.2) is 0 Å². The molecule has 0 spiro atoms. The molecule has 106 valence electrons. The number of halogens is 1. The second-order valence-corrected chi connectivity index (χ2v) is 5.47. The van der Waals surface area contributed by atoms with E-state index in [4.69, 9.17) is 9.47 Å². The fraction of sp³-hybridized carbons (Fsp3) is 0.333. The molecule has 0 N–H and O–H groups in total. The van der Waals surface area contributed by atoms with Crippen LogP contribution in [0, 0.1) is 0 Å². The van der Waals surface area contributed by atoms with Gasteiger partial charge in [-0.15, -0.1) is 0 Å². The summed E-state index contributed by atoms with van der Waals surface area (Å²) in [7, 11) is 3.27. The molecule has 20 heavy (non-hydrogen) atoms. The summed E-state index contributed by atoms with van der Waals surface area (Å²) < 4.78 is 11.4. The van der Waals surface area contributed by atoms with Gasteiger partial charge in [0.2, 0.25) is 0 Å². The molecule has 0 unspecified atom stereocenters. The predicted molar refractivity (Wildman–Crippen MR) is 82.4 cm³/mol. The Bertz CT molecular complexity index is 615. The summed E-state index contributed by atoms with van der Waals surface area (Å²) in [5, 5.41) is 0. The fourth-order valence-electron chi connectivity index (χ4n) is 1.84. The number of methoxy groups -OCH3 is 2. The zero-order chi connectivity index (χ0) is 14.7. The number of hydrogen-bond donors (Lipinski definition) is 0. The van der Waals surface area contributed by atoms with Crippen LogP contribution in [0.4, 0.5) is 0 Å². The Hall–Kier alpha value is -1.62. The average molecular weight is 337 g/mol. The minimum absolute atomic E-state index is 0.260. The Morgan fingerprint density at radius 1 is 1.05 bits per heavy atom. The summed E-state index contributed by atoms with van der Waals surface area (Å²) in [5.74, 6) is 2.54. The minimum atomic E-state index is 0.260. The monoisotopic (exact) mass is 336 g/mol. The summed E-state index contributed by atoms with van der Waals surface area (Å²) in [5.41, 5.74) is 1.74. The molecule has 2 rings (SSSR count). The molecule has 1 aromatic heterocycles. The molecule has 0 aliphatic heterocycles. The first kappa shape index (κ1) is 14.8. The second kappa shape index (κ2) is 6.22. The van der Waals surface area contributed by atoms with E-state index in [0.717, 1.165) is 33.2 Å². The van der Waals surface area contributed by atoms with Gasteiger partial charge in [0.1, 0.15) is 21.9 Å². The number of aromatic nitrogens is 2. The highest BCUT2D eigenvalue weighted by Gasteiger charge is 2.13. The van der Waals surface area contributed by atoms with Gasteiger partial charge in [0.05, 0.1) is 19.9 Å². The maximum atomic E-state index is 5.43. The van der Waals surface area contributed by atoms with Crippen LogP contribution in [0.15, 0.2) is 28.9 Å². The molecule has 0 aliphatic rings. The third-order valence-electron chi connectivity index (χ3n) is 2.91. The molecule has 0 saturated carbocycles. The minimum Gasteiger partial charge on any atom is -0.497 e. The highest BCUT2D eigenvalue weighted by molar-refractivity contribution is 9.10. The molecule has 0 bridgehead atoms. The molecule has 0 saturated heterocycles. The van der Waals surface area contributed by atoms with E-state index < -0.39 is 0 Å². The molecule has 0 fully saturated rings. The maximum absolute atomic E-state index is 5.43. The van der Waals surface area contributed by atoms with E-state index in [1.807, 2.05) is 24.3 Å². The van der Waals surface area contributed by atoms with Gasteiger partial charge in [-0.2, -0.15) is 0 Å². The lowest BCUT2D eigenvalue weighted by molar-refractivity contribution is 0.395. The quantitative estimate of drug-likeness (QED) is 0.790. The number of benzene rings is 1.